The number of carboxylic acid groups (broad SMARTS) is 1. The van der Waals surface area contributed by atoms with E-state index < -0.39 is 12.1 Å². The Morgan fingerprint density at radius 1 is 0.853 bits per heavy atom. The fourth-order valence-electron chi connectivity index (χ4n) is 4.24. The molecule has 3 aromatic rings. The Labute approximate surface area is 202 Å². The molecular formula is C29H33O5-. The smallest absolute Gasteiger partial charge is 0.119 e. The molecule has 0 bridgehead atoms. The van der Waals surface area contributed by atoms with E-state index in [-0.39, 0.29) is 26.1 Å². The van der Waals surface area contributed by atoms with Crippen LogP contribution in [0.15, 0.2) is 78.9 Å². The summed E-state index contributed by atoms with van der Waals surface area (Å²) < 4.78 is 17.4. The van der Waals surface area contributed by atoms with Crippen molar-refractivity contribution in [1.82, 2.24) is 0 Å². The highest BCUT2D eigenvalue weighted by molar-refractivity contribution is 5.70. The number of methoxy groups -OCH3 is 1. The van der Waals surface area contributed by atoms with Gasteiger partial charge in [-0.1, -0.05) is 62.0 Å². The molecule has 0 amide bonds. The second-order valence-corrected chi connectivity index (χ2v) is 8.43. The number of carbonyl (C=O) groups is 1. The topological polar surface area (TPSA) is 67.8 Å². The van der Waals surface area contributed by atoms with Crippen molar-refractivity contribution in [2.24, 2.45) is 0 Å². The summed E-state index contributed by atoms with van der Waals surface area (Å²) in [4.78, 5) is 11.0. The van der Waals surface area contributed by atoms with Gasteiger partial charge in [0.1, 0.15) is 29.8 Å². The number of hydrogen-bond acceptors (Lipinski definition) is 5. The number of carboxylic acids is 1. The molecule has 0 saturated heterocycles. The Morgan fingerprint density at radius 2 is 1.38 bits per heavy atom. The van der Waals surface area contributed by atoms with E-state index in [0.29, 0.717) is 0 Å². The van der Waals surface area contributed by atoms with Crippen molar-refractivity contribution in [2.75, 3.05) is 7.11 Å². The number of hydrogen-bond donors (Lipinski definition) is 0. The summed E-state index contributed by atoms with van der Waals surface area (Å²) in [6.45, 7) is 0. The van der Waals surface area contributed by atoms with Gasteiger partial charge in [-0.2, -0.15) is 0 Å². The van der Waals surface area contributed by atoms with Gasteiger partial charge in [0.15, 0.2) is 0 Å². The molecule has 1 fully saturated rings. The van der Waals surface area contributed by atoms with Crippen LogP contribution in [0, 0.1) is 0 Å². The first kappa shape index (κ1) is 25.3. The molecule has 0 unspecified atom stereocenters. The van der Waals surface area contributed by atoms with Crippen LogP contribution in [-0.2, 0) is 16.0 Å². The predicted octanol–water partition coefficient (Wildman–Crippen LogP) is 5.07. The third-order valence-electron chi connectivity index (χ3n) is 6.04. The Balaban J connectivity index is 0.00000324. The molecule has 0 heterocycles. The first-order chi connectivity index (χ1) is 16.1. The van der Waals surface area contributed by atoms with Crippen molar-refractivity contribution in [3.8, 4) is 22.6 Å². The maximum absolute atomic E-state index is 11.0. The largest absolute Gasteiger partial charge is 0.547 e. The highest BCUT2D eigenvalue weighted by atomic mass is 16.5. The molecule has 0 aromatic heterocycles. The van der Waals surface area contributed by atoms with E-state index >= 15 is 0 Å². The molecule has 1 aliphatic carbocycles. The molecule has 1 saturated carbocycles. The lowest BCUT2D eigenvalue weighted by Crippen LogP contribution is -2.38. The molecule has 0 aliphatic heterocycles. The summed E-state index contributed by atoms with van der Waals surface area (Å²) in [7, 11) is 1.37. The van der Waals surface area contributed by atoms with Crippen molar-refractivity contribution in [3.05, 3.63) is 84.4 Å². The highest BCUT2D eigenvalue weighted by Gasteiger charge is 2.25. The summed E-state index contributed by atoms with van der Waals surface area (Å²) in [5.74, 6) is 0.449. The molecule has 0 spiro atoms. The van der Waals surface area contributed by atoms with Crippen LogP contribution < -0.4 is 14.6 Å². The molecule has 0 N–H and O–H groups in total. The zero-order valence-corrected chi connectivity index (χ0v) is 18.8. The van der Waals surface area contributed by atoms with E-state index in [2.05, 4.69) is 24.3 Å². The normalized spacial score (nSPS) is 18.4. The van der Waals surface area contributed by atoms with Gasteiger partial charge >= 0.3 is 0 Å². The second kappa shape index (κ2) is 12.2. The number of benzene rings is 3. The molecule has 3 atom stereocenters. The Hall–Kier alpha value is -3.31. The molecule has 1 aliphatic rings. The molecule has 180 valence electrons. The van der Waals surface area contributed by atoms with Gasteiger partial charge in [0.2, 0.25) is 0 Å². The lowest BCUT2D eigenvalue weighted by Gasteiger charge is -2.30. The zero-order valence-electron chi connectivity index (χ0n) is 18.8. The quantitative estimate of drug-likeness (QED) is 0.445. The van der Waals surface area contributed by atoms with E-state index in [9.17, 15) is 9.90 Å². The average molecular weight is 462 g/mol. The van der Waals surface area contributed by atoms with Crippen LogP contribution in [0.2, 0.25) is 0 Å². The predicted molar refractivity (Wildman–Crippen MR) is 132 cm³/mol. The summed E-state index contributed by atoms with van der Waals surface area (Å²) in [6.07, 6.45) is 3.42. The van der Waals surface area contributed by atoms with Gasteiger partial charge in [-0.25, -0.2) is 0 Å². The number of rotatable bonds is 9. The second-order valence-electron chi connectivity index (χ2n) is 8.43. The molecule has 4 rings (SSSR count). The van der Waals surface area contributed by atoms with Crippen LogP contribution in [0.25, 0.3) is 11.1 Å². The molecule has 0 radical (unpaired) electrons. The van der Waals surface area contributed by atoms with E-state index in [1.54, 1.807) is 0 Å². The summed E-state index contributed by atoms with van der Waals surface area (Å²) in [5, 5.41) is 11.0. The molecular weight excluding hydrogens is 428 g/mol. The third kappa shape index (κ3) is 6.84. The SMILES string of the molecule is C.CO[C@@H](Cc1ccc(O[C@@H]2CCC[C@@H](Oc3ccc(-c4ccccc4)cc3)C2)cc1)C(=O)[O-]. The average Bonchev–Trinajstić information content (AvgIpc) is 2.84. The van der Waals surface area contributed by atoms with E-state index in [4.69, 9.17) is 14.2 Å². The van der Waals surface area contributed by atoms with Gasteiger partial charge in [0.05, 0.1) is 5.97 Å². The summed E-state index contributed by atoms with van der Waals surface area (Å²) >= 11 is 0. The zero-order chi connectivity index (χ0) is 23.0. The third-order valence-corrected chi connectivity index (χ3v) is 6.04. The van der Waals surface area contributed by atoms with Gasteiger partial charge in [-0.15, -0.1) is 0 Å². The van der Waals surface area contributed by atoms with Gasteiger partial charge in [0.25, 0.3) is 0 Å². The van der Waals surface area contributed by atoms with Crippen molar-refractivity contribution < 1.29 is 24.1 Å². The first-order valence-corrected chi connectivity index (χ1v) is 11.4. The van der Waals surface area contributed by atoms with Crippen LogP contribution in [0.3, 0.4) is 0 Å². The molecule has 5 nitrogen and oxygen atoms in total. The van der Waals surface area contributed by atoms with Gasteiger partial charge < -0.3 is 24.1 Å². The first-order valence-electron chi connectivity index (χ1n) is 11.4. The Morgan fingerprint density at radius 3 is 1.91 bits per heavy atom. The molecule has 3 aromatic carbocycles. The molecule has 5 heteroatoms. The van der Waals surface area contributed by atoms with E-state index in [1.165, 1.54) is 18.2 Å². The van der Waals surface area contributed by atoms with Crippen LogP contribution in [-0.4, -0.2) is 31.4 Å². The fraction of sp³-hybridized carbons (Fsp3) is 0.345. The van der Waals surface area contributed by atoms with Gasteiger partial charge in [-0.3, -0.25) is 0 Å². The van der Waals surface area contributed by atoms with Crippen LogP contribution in [0.1, 0.15) is 38.7 Å². The minimum absolute atomic E-state index is 0. The lowest BCUT2D eigenvalue weighted by molar-refractivity contribution is -0.315. The Kier molecular flexibility index (Phi) is 9.11. The highest BCUT2D eigenvalue weighted by Crippen LogP contribution is 2.29. The molecule has 34 heavy (non-hydrogen) atoms. The van der Waals surface area contributed by atoms with E-state index in [1.807, 2.05) is 54.6 Å². The minimum Gasteiger partial charge on any atom is -0.547 e. The van der Waals surface area contributed by atoms with Crippen molar-refractivity contribution in [3.63, 3.8) is 0 Å². The standard InChI is InChI=1S/C28H30O5.CH4/c1-31-27(28(29)30)18-20-10-14-23(15-11-20)32-25-8-5-9-26(19-25)33-24-16-12-22(13-17-24)21-6-3-2-4-7-21;/h2-4,6-7,10-17,25-27H,5,8-9,18-19H2,1H3,(H,29,30);1H4/p-1/t25-,26-,27+;/m1./s1. The van der Waals surface area contributed by atoms with Crippen LogP contribution in [0.5, 0.6) is 11.5 Å². The number of aliphatic carboxylic acids is 1. The van der Waals surface area contributed by atoms with Gasteiger partial charge in [0, 0.05) is 20.0 Å². The van der Waals surface area contributed by atoms with Crippen LogP contribution in [0.4, 0.5) is 0 Å². The summed E-state index contributed by atoms with van der Waals surface area (Å²) in [6, 6.07) is 26.1. The van der Waals surface area contributed by atoms with Crippen molar-refractivity contribution in [1.29, 1.82) is 0 Å². The number of carbonyl (C=O) groups excluding carboxylic acids is 1. The van der Waals surface area contributed by atoms with Crippen molar-refractivity contribution >= 4 is 5.97 Å². The maximum atomic E-state index is 11.0. The summed E-state index contributed by atoms with van der Waals surface area (Å²) in [5.41, 5.74) is 3.23. The Bertz CT molecular complexity index is 1010. The fourth-order valence-corrected chi connectivity index (χ4v) is 4.24. The van der Waals surface area contributed by atoms with Crippen molar-refractivity contribution in [2.45, 2.75) is 57.8 Å². The van der Waals surface area contributed by atoms with E-state index in [0.717, 1.165) is 42.7 Å². The number of ether oxygens (including phenoxy) is 3. The van der Waals surface area contributed by atoms with Crippen LogP contribution >= 0.6 is 0 Å². The maximum Gasteiger partial charge on any atom is 0.119 e. The van der Waals surface area contributed by atoms with Gasteiger partial charge in [-0.05, 0) is 60.2 Å². The minimum atomic E-state index is -1.21. The monoisotopic (exact) mass is 461 g/mol. The lowest BCUT2D eigenvalue weighted by atomic mass is 9.94.